The summed E-state index contributed by atoms with van der Waals surface area (Å²) in [5.74, 6) is 0.512. The summed E-state index contributed by atoms with van der Waals surface area (Å²) in [5.41, 5.74) is 3.61. The summed E-state index contributed by atoms with van der Waals surface area (Å²) in [6, 6.07) is 19.8. The van der Waals surface area contributed by atoms with E-state index in [0.717, 1.165) is 23.1 Å². The van der Waals surface area contributed by atoms with Crippen LogP contribution in [0.5, 0.6) is 0 Å². The van der Waals surface area contributed by atoms with E-state index in [9.17, 15) is 4.79 Å². The van der Waals surface area contributed by atoms with Crippen LogP contribution >= 0.6 is 0 Å². The number of pyridine rings is 1. The van der Waals surface area contributed by atoms with Gasteiger partial charge in [-0.2, -0.15) is 5.26 Å². The van der Waals surface area contributed by atoms with Crippen molar-refractivity contribution in [1.82, 2.24) is 9.55 Å². The third-order valence-electron chi connectivity index (χ3n) is 5.02. The Kier molecular flexibility index (Phi) is 4.88. The predicted octanol–water partition coefficient (Wildman–Crippen LogP) is 4.16. The number of hydrogen-bond donors (Lipinski definition) is 1. The molecule has 0 aliphatic rings. The Hall–Kier alpha value is -3.85. The van der Waals surface area contributed by atoms with Crippen LogP contribution < -0.4 is 10.2 Å². The zero-order chi connectivity index (χ0) is 20.4. The largest absolute Gasteiger partial charge is 0.350 e. The first-order valence-electron chi connectivity index (χ1n) is 9.49. The van der Waals surface area contributed by atoms with Crippen LogP contribution in [0.4, 0.5) is 11.5 Å². The minimum absolute atomic E-state index is 0.128. The van der Waals surface area contributed by atoms with Crippen molar-refractivity contribution in [2.75, 3.05) is 23.8 Å². The van der Waals surface area contributed by atoms with Gasteiger partial charge in [0.2, 0.25) is 5.91 Å². The van der Waals surface area contributed by atoms with Crippen LogP contribution in [-0.4, -0.2) is 29.1 Å². The Bertz CT molecular complexity index is 1230. The Morgan fingerprint density at radius 1 is 1.14 bits per heavy atom. The summed E-state index contributed by atoms with van der Waals surface area (Å²) in [4.78, 5) is 18.5. The summed E-state index contributed by atoms with van der Waals surface area (Å²) < 4.78 is 2.28. The van der Waals surface area contributed by atoms with Gasteiger partial charge in [-0.1, -0.05) is 18.2 Å². The van der Waals surface area contributed by atoms with Gasteiger partial charge >= 0.3 is 0 Å². The fourth-order valence-corrected chi connectivity index (χ4v) is 3.65. The zero-order valence-electron chi connectivity index (χ0n) is 16.4. The second-order valence-corrected chi connectivity index (χ2v) is 6.91. The average molecular weight is 383 g/mol. The molecule has 0 radical (unpaired) electrons. The van der Waals surface area contributed by atoms with Crippen molar-refractivity contribution >= 4 is 39.2 Å². The maximum absolute atomic E-state index is 12.5. The van der Waals surface area contributed by atoms with Crippen molar-refractivity contribution in [2.45, 2.75) is 13.5 Å². The summed E-state index contributed by atoms with van der Waals surface area (Å²) >= 11 is 0. The number of aryl methyl sites for hydroxylation is 1. The number of nitriles is 1. The summed E-state index contributed by atoms with van der Waals surface area (Å²) in [6.07, 6.45) is 1.50. The van der Waals surface area contributed by atoms with Gasteiger partial charge in [-0.3, -0.25) is 4.79 Å². The molecular weight excluding hydrogens is 362 g/mol. The van der Waals surface area contributed by atoms with Gasteiger partial charge in [-0.05, 0) is 43.3 Å². The van der Waals surface area contributed by atoms with Crippen LogP contribution in [0.3, 0.4) is 0 Å². The number of fused-ring (bicyclic) bond motifs is 3. The van der Waals surface area contributed by atoms with Gasteiger partial charge in [0.05, 0.1) is 12.1 Å². The lowest BCUT2D eigenvalue weighted by atomic mass is 10.1. The number of likely N-dealkylation sites (N-methyl/N-ethyl adjacent to an activating group) is 1. The molecule has 1 N–H and O–H groups in total. The lowest BCUT2D eigenvalue weighted by molar-refractivity contribution is -0.114. The third kappa shape index (κ3) is 3.50. The number of benzene rings is 2. The molecule has 0 saturated heterocycles. The van der Waals surface area contributed by atoms with Crippen LogP contribution in [0.15, 0.2) is 60.8 Å². The maximum atomic E-state index is 12.5. The topological polar surface area (TPSA) is 74.0 Å². The first kappa shape index (κ1) is 18.5. The maximum Gasteiger partial charge on any atom is 0.243 e. The summed E-state index contributed by atoms with van der Waals surface area (Å²) in [5, 5.41) is 14.2. The van der Waals surface area contributed by atoms with Gasteiger partial charge in [-0.25, -0.2) is 4.98 Å². The molecule has 0 unspecified atom stereocenters. The first-order chi connectivity index (χ1) is 14.1. The average Bonchev–Trinajstić information content (AvgIpc) is 3.06. The molecule has 4 aromatic rings. The molecular formula is C23H21N5O. The summed E-state index contributed by atoms with van der Waals surface area (Å²) in [6.45, 7) is 3.18. The number of nitrogens with one attached hydrogen (secondary N) is 1. The normalized spacial score (nSPS) is 10.8. The van der Waals surface area contributed by atoms with E-state index in [2.05, 4.69) is 40.0 Å². The van der Waals surface area contributed by atoms with E-state index in [0.29, 0.717) is 11.4 Å². The molecule has 29 heavy (non-hydrogen) atoms. The standard InChI is InChI=1S/C23H21N5O/c1-3-28-20-7-5-4-6-18(20)19-12-17(9-10-21(19)28)26-23(29)15-27(2)22-11-8-16(13-24)14-25-22/h4-12,14H,3,15H2,1-2H3,(H,26,29). The number of anilines is 2. The highest BCUT2D eigenvalue weighted by Crippen LogP contribution is 2.30. The van der Waals surface area contributed by atoms with E-state index in [1.165, 1.54) is 17.1 Å². The Balaban J connectivity index is 1.55. The molecule has 2 aromatic carbocycles. The highest BCUT2D eigenvalue weighted by atomic mass is 16.2. The lowest BCUT2D eigenvalue weighted by Crippen LogP contribution is -2.30. The molecule has 0 saturated carbocycles. The fourth-order valence-electron chi connectivity index (χ4n) is 3.65. The number of para-hydroxylation sites is 1. The Morgan fingerprint density at radius 3 is 2.66 bits per heavy atom. The van der Waals surface area contributed by atoms with Crippen molar-refractivity contribution in [3.8, 4) is 6.07 Å². The van der Waals surface area contributed by atoms with Crippen LogP contribution in [0.2, 0.25) is 0 Å². The number of hydrogen-bond acceptors (Lipinski definition) is 4. The van der Waals surface area contributed by atoms with Crippen molar-refractivity contribution < 1.29 is 4.79 Å². The van der Waals surface area contributed by atoms with Gasteiger partial charge in [0.1, 0.15) is 11.9 Å². The molecule has 1 amide bonds. The molecule has 0 spiro atoms. The van der Waals surface area contributed by atoms with E-state index >= 15 is 0 Å². The molecule has 6 nitrogen and oxygen atoms in total. The van der Waals surface area contributed by atoms with Crippen molar-refractivity contribution in [3.05, 3.63) is 66.4 Å². The summed E-state index contributed by atoms with van der Waals surface area (Å²) in [7, 11) is 1.80. The highest BCUT2D eigenvalue weighted by Gasteiger charge is 2.12. The van der Waals surface area contributed by atoms with Gasteiger partial charge in [-0.15, -0.1) is 0 Å². The monoisotopic (exact) mass is 383 g/mol. The molecule has 0 aliphatic carbocycles. The lowest BCUT2D eigenvalue weighted by Gasteiger charge is -2.17. The van der Waals surface area contributed by atoms with E-state index in [1.54, 1.807) is 24.1 Å². The molecule has 144 valence electrons. The van der Waals surface area contributed by atoms with Gasteiger partial charge < -0.3 is 14.8 Å². The molecule has 6 heteroatoms. The van der Waals surface area contributed by atoms with E-state index < -0.39 is 0 Å². The number of aromatic nitrogens is 2. The first-order valence-corrected chi connectivity index (χ1v) is 9.49. The molecule has 2 heterocycles. The van der Waals surface area contributed by atoms with Crippen molar-refractivity contribution in [3.63, 3.8) is 0 Å². The molecule has 2 aromatic heterocycles. The van der Waals surface area contributed by atoms with Crippen LogP contribution in [-0.2, 0) is 11.3 Å². The van der Waals surface area contributed by atoms with Gasteiger partial charge in [0, 0.05) is 47.3 Å². The van der Waals surface area contributed by atoms with Crippen LogP contribution in [0.1, 0.15) is 12.5 Å². The molecule has 4 rings (SSSR count). The molecule has 0 bridgehead atoms. The number of amides is 1. The van der Waals surface area contributed by atoms with Crippen LogP contribution in [0, 0.1) is 11.3 Å². The smallest absolute Gasteiger partial charge is 0.243 e. The second kappa shape index (κ2) is 7.64. The zero-order valence-corrected chi connectivity index (χ0v) is 16.4. The SMILES string of the molecule is CCn1c2ccccc2c2cc(NC(=O)CN(C)c3ccc(C#N)cn3)ccc21. The second-order valence-electron chi connectivity index (χ2n) is 6.91. The Labute approximate surface area is 169 Å². The third-order valence-corrected chi connectivity index (χ3v) is 5.02. The number of carbonyl (C=O) groups excluding carboxylic acids is 1. The van der Waals surface area contributed by atoms with E-state index in [-0.39, 0.29) is 12.5 Å². The van der Waals surface area contributed by atoms with Gasteiger partial charge in [0.15, 0.2) is 0 Å². The van der Waals surface area contributed by atoms with Crippen molar-refractivity contribution in [1.29, 1.82) is 5.26 Å². The molecule has 0 atom stereocenters. The molecule has 0 aliphatic heterocycles. The quantitative estimate of drug-likeness (QED) is 0.562. The number of nitrogens with zero attached hydrogens (tertiary/aromatic N) is 4. The fraction of sp³-hybridized carbons (Fsp3) is 0.174. The van der Waals surface area contributed by atoms with Crippen molar-refractivity contribution in [2.24, 2.45) is 0 Å². The van der Waals surface area contributed by atoms with Gasteiger partial charge in [0.25, 0.3) is 0 Å². The number of rotatable bonds is 5. The predicted molar refractivity (Wildman–Crippen MR) is 116 cm³/mol. The Morgan fingerprint density at radius 2 is 1.93 bits per heavy atom. The van der Waals surface area contributed by atoms with E-state index in [4.69, 9.17) is 5.26 Å². The molecule has 0 fully saturated rings. The number of carbonyl (C=O) groups is 1. The minimum Gasteiger partial charge on any atom is -0.350 e. The van der Waals surface area contributed by atoms with Crippen LogP contribution in [0.25, 0.3) is 21.8 Å². The van der Waals surface area contributed by atoms with E-state index in [1.807, 2.05) is 30.3 Å². The minimum atomic E-state index is -0.128. The highest BCUT2D eigenvalue weighted by molar-refractivity contribution is 6.10.